The molecule has 2 aromatic rings. The molecule has 8 nitrogen and oxygen atoms in total. The number of ether oxygens (including phenoxy) is 2. The van der Waals surface area contributed by atoms with E-state index >= 15 is 0 Å². The lowest BCUT2D eigenvalue weighted by Gasteiger charge is -2.29. The average Bonchev–Trinajstić information content (AvgIpc) is 3.14. The van der Waals surface area contributed by atoms with Crippen molar-refractivity contribution in [2.24, 2.45) is 0 Å². The van der Waals surface area contributed by atoms with Gasteiger partial charge in [0.15, 0.2) is 0 Å². The summed E-state index contributed by atoms with van der Waals surface area (Å²) >= 11 is 3.34. The zero-order valence-electron chi connectivity index (χ0n) is 20.3. The minimum absolute atomic E-state index is 0.0398. The maximum absolute atomic E-state index is 13.2. The van der Waals surface area contributed by atoms with Crippen molar-refractivity contribution >= 4 is 33.4 Å². The van der Waals surface area contributed by atoms with Gasteiger partial charge in [-0.25, -0.2) is 0 Å². The lowest BCUT2D eigenvalue weighted by Crippen LogP contribution is -2.38. The number of aliphatic hydroxyl groups excluding tert-OH is 1. The molecule has 192 valence electrons. The fourth-order valence-corrected chi connectivity index (χ4v) is 4.92. The molecule has 0 radical (unpaired) electrons. The zero-order chi connectivity index (χ0) is 25.7. The number of phenolic OH excluding ortho intramolecular Hbond substituents is 1. The predicted octanol–water partition coefficient (Wildman–Crippen LogP) is 4.09. The van der Waals surface area contributed by atoms with Crippen LogP contribution in [0.15, 0.2) is 52.5 Å². The van der Waals surface area contributed by atoms with Gasteiger partial charge < -0.3 is 24.6 Å². The summed E-state index contributed by atoms with van der Waals surface area (Å²) in [6.07, 6.45) is 1.55. The fraction of sp³-hybridized carbons (Fsp3) is 0.407. The number of carbonyl (C=O) groups excluding carboxylic acids is 2. The Kier molecular flexibility index (Phi) is 8.66. The molecular formula is C27H31BrN2O6. The van der Waals surface area contributed by atoms with Crippen LogP contribution in [0.2, 0.25) is 0 Å². The summed E-state index contributed by atoms with van der Waals surface area (Å²) in [6.45, 7) is 6.78. The number of morpholine rings is 1. The van der Waals surface area contributed by atoms with Gasteiger partial charge in [-0.1, -0.05) is 35.0 Å². The first-order chi connectivity index (χ1) is 17.4. The lowest BCUT2D eigenvalue weighted by atomic mass is 9.95. The number of aliphatic hydroxyl groups is 1. The predicted molar refractivity (Wildman–Crippen MR) is 139 cm³/mol. The van der Waals surface area contributed by atoms with Crippen molar-refractivity contribution in [3.63, 3.8) is 0 Å². The van der Waals surface area contributed by atoms with Crippen LogP contribution in [-0.2, 0) is 14.3 Å². The summed E-state index contributed by atoms with van der Waals surface area (Å²) in [5, 5.41) is 21.6. The third kappa shape index (κ3) is 5.74. The van der Waals surface area contributed by atoms with E-state index in [0.717, 1.165) is 26.1 Å². The molecule has 0 aromatic heterocycles. The van der Waals surface area contributed by atoms with Gasteiger partial charge in [0.25, 0.3) is 11.7 Å². The Balaban J connectivity index is 1.68. The molecule has 0 saturated carbocycles. The molecule has 0 bridgehead atoms. The molecule has 2 saturated heterocycles. The fourth-order valence-electron chi connectivity index (χ4n) is 4.56. The number of ketones is 1. The number of halogens is 1. The van der Waals surface area contributed by atoms with Crippen molar-refractivity contribution in [2.45, 2.75) is 25.8 Å². The highest BCUT2D eigenvalue weighted by atomic mass is 79.9. The molecule has 2 aliphatic heterocycles. The van der Waals surface area contributed by atoms with Gasteiger partial charge in [-0.05, 0) is 48.7 Å². The minimum atomic E-state index is -0.784. The summed E-state index contributed by atoms with van der Waals surface area (Å²) in [5.41, 5.74) is 0.728. The van der Waals surface area contributed by atoms with Crippen LogP contribution in [0.1, 0.15) is 36.9 Å². The van der Waals surface area contributed by atoms with E-state index in [0.29, 0.717) is 48.6 Å². The van der Waals surface area contributed by atoms with E-state index < -0.39 is 23.5 Å². The largest absolute Gasteiger partial charge is 0.507 e. The van der Waals surface area contributed by atoms with Crippen LogP contribution in [0.5, 0.6) is 11.5 Å². The summed E-state index contributed by atoms with van der Waals surface area (Å²) < 4.78 is 11.7. The zero-order valence-corrected chi connectivity index (χ0v) is 21.9. The molecule has 1 amide bonds. The highest BCUT2D eigenvalue weighted by Gasteiger charge is 2.46. The van der Waals surface area contributed by atoms with E-state index in [-0.39, 0.29) is 16.9 Å². The maximum atomic E-state index is 13.2. The van der Waals surface area contributed by atoms with Crippen LogP contribution >= 0.6 is 15.9 Å². The van der Waals surface area contributed by atoms with E-state index in [9.17, 15) is 19.8 Å². The third-order valence-corrected chi connectivity index (χ3v) is 6.89. The number of hydrogen-bond donors (Lipinski definition) is 2. The van der Waals surface area contributed by atoms with Crippen molar-refractivity contribution in [1.29, 1.82) is 0 Å². The molecule has 0 spiro atoms. The number of phenols is 1. The smallest absolute Gasteiger partial charge is 0.295 e. The van der Waals surface area contributed by atoms with Crippen LogP contribution in [0.4, 0.5) is 0 Å². The number of Topliss-reactive ketones (excluding diaryl/α,β-unsaturated/α-hetero) is 1. The molecule has 1 atom stereocenters. The second kappa shape index (κ2) is 11.9. The monoisotopic (exact) mass is 558 g/mol. The standard InChI is InChI=1S/C27H31BrN2O6/c1-2-14-36-20-7-4-18(5-8-20)24-23(25(32)21-17-19(28)6-9-22(21)31)26(33)27(34)30(24)11-3-10-29-12-15-35-16-13-29/h4-9,17,24,31-32H,2-3,10-16H2,1H3/b25-23+. The number of rotatable bonds is 9. The molecule has 1 unspecified atom stereocenters. The Morgan fingerprint density at radius 1 is 1.11 bits per heavy atom. The number of carbonyl (C=O) groups is 2. The summed E-state index contributed by atoms with van der Waals surface area (Å²) in [4.78, 5) is 30.2. The molecule has 2 fully saturated rings. The Labute approximate surface area is 219 Å². The first-order valence-corrected chi connectivity index (χ1v) is 13.0. The van der Waals surface area contributed by atoms with E-state index in [1.165, 1.54) is 17.0 Å². The van der Waals surface area contributed by atoms with Gasteiger partial charge in [-0.15, -0.1) is 0 Å². The van der Waals surface area contributed by atoms with Crippen molar-refractivity contribution in [2.75, 3.05) is 46.0 Å². The Bertz CT molecular complexity index is 1130. The molecule has 4 rings (SSSR count). The quantitative estimate of drug-likeness (QED) is 0.271. The van der Waals surface area contributed by atoms with Crippen LogP contribution in [0.3, 0.4) is 0 Å². The number of aromatic hydroxyl groups is 1. The van der Waals surface area contributed by atoms with Crippen molar-refractivity contribution in [3.8, 4) is 11.5 Å². The number of hydrogen-bond acceptors (Lipinski definition) is 7. The minimum Gasteiger partial charge on any atom is -0.507 e. The van der Waals surface area contributed by atoms with E-state index in [2.05, 4.69) is 20.8 Å². The van der Waals surface area contributed by atoms with Gasteiger partial charge >= 0.3 is 0 Å². The lowest BCUT2D eigenvalue weighted by molar-refractivity contribution is -0.140. The molecule has 9 heteroatoms. The van der Waals surface area contributed by atoms with Gasteiger partial charge in [-0.2, -0.15) is 0 Å². The maximum Gasteiger partial charge on any atom is 0.295 e. The highest BCUT2D eigenvalue weighted by Crippen LogP contribution is 2.41. The van der Waals surface area contributed by atoms with E-state index in [4.69, 9.17) is 9.47 Å². The van der Waals surface area contributed by atoms with E-state index in [1.807, 2.05) is 19.1 Å². The molecule has 2 aromatic carbocycles. The van der Waals surface area contributed by atoms with Crippen LogP contribution in [0.25, 0.3) is 5.76 Å². The van der Waals surface area contributed by atoms with Gasteiger partial charge in [0.2, 0.25) is 0 Å². The van der Waals surface area contributed by atoms with Gasteiger partial charge in [0.05, 0.1) is 37.0 Å². The second-order valence-electron chi connectivity index (χ2n) is 8.88. The Morgan fingerprint density at radius 2 is 1.83 bits per heavy atom. The molecule has 36 heavy (non-hydrogen) atoms. The first-order valence-electron chi connectivity index (χ1n) is 12.2. The Hall–Kier alpha value is -2.88. The summed E-state index contributed by atoms with van der Waals surface area (Å²) in [6, 6.07) is 11.0. The molecule has 0 aliphatic carbocycles. The normalized spacial score (nSPS) is 20.2. The number of nitrogens with zero attached hydrogens (tertiary/aromatic N) is 2. The first kappa shape index (κ1) is 26.2. The van der Waals surface area contributed by atoms with E-state index in [1.54, 1.807) is 18.2 Å². The van der Waals surface area contributed by atoms with Crippen molar-refractivity contribution in [3.05, 3.63) is 63.6 Å². The highest BCUT2D eigenvalue weighted by molar-refractivity contribution is 9.10. The summed E-state index contributed by atoms with van der Waals surface area (Å²) in [7, 11) is 0. The molecule has 2 aliphatic rings. The second-order valence-corrected chi connectivity index (χ2v) is 9.79. The van der Waals surface area contributed by atoms with Crippen LogP contribution in [-0.4, -0.2) is 77.7 Å². The SMILES string of the molecule is CCCOc1ccc(C2/C(=C(\O)c3cc(Br)ccc3O)C(=O)C(=O)N2CCCN2CCOCC2)cc1. The molecule has 2 N–H and O–H groups in total. The topological polar surface area (TPSA) is 99.5 Å². The van der Waals surface area contributed by atoms with Crippen molar-refractivity contribution in [1.82, 2.24) is 9.80 Å². The van der Waals surface area contributed by atoms with Crippen LogP contribution in [0, 0.1) is 0 Å². The van der Waals surface area contributed by atoms with Gasteiger partial charge in [0, 0.05) is 30.7 Å². The third-order valence-electron chi connectivity index (χ3n) is 6.40. The van der Waals surface area contributed by atoms with Crippen molar-refractivity contribution < 1.29 is 29.3 Å². The molecular weight excluding hydrogens is 528 g/mol. The number of benzene rings is 2. The molecule has 2 heterocycles. The van der Waals surface area contributed by atoms with Gasteiger partial charge in [0.1, 0.15) is 17.3 Å². The average molecular weight is 559 g/mol. The number of amides is 1. The van der Waals surface area contributed by atoms with Crippen LogP contribution < -0.4 is 4.74 Å². The summed E-state index contributed by atoms with van der Waals surface area (Å²) in [5.74, 6) is -1.33. The Morgan fingerprint density at radius 3 is 2.53 bits per heavy atom. The van der Waals surface area contributed by atoms with Gasteiger partial charge in [-0.3, -0.25) is 14.5 Å². The number of likely N-dealkylation sites (tertiary alicyclic amines) is 1.